The van der Waals surface area contributed by atoms with Crippen LogP contribution in [0.2, 0.25) is 0 Å². The molecule has 2 aliphatic heterocycles. The van der Waals surface area contributed by atoms with Crippen molar-refractivity contribution in [1.29, 1.82) is 0 Å². The molecule has 11 nitrogen and oxygen atoms in total. The summed E-state index contributed by atoms with van der Waals surface area (Å²) >= 11 is 0. The molecule has 5 N–H and O–H groups in total. The molecule has 0 radical (unpaired) electrons. The van der Waals surface area contributed by atoms with Crippen LogP contribution in [0, 0.1) is 23.7 Å². The molecule has 0 spiro atoms. The molecule has 0 aromatic heterocycles. The van der Waals surface area contributed by atoms with Crippen molar-refractivity contribution in [2.24, 2.45) is 35.1 Å². The summed E-state index contributed by atoms with van der Waals surface area (Å²) in [4.78, 5) is 72.4. The topological polar surface area (TPSA) is 165 Å². The van der Waals surface area contributed by atoms with Crippen molar-refractivity contribution in [3.63, 3.8) is 0 Å². The maximum Gasteiger partial charge on any atom is 0.226 e. The van der Waals surface area contributed by atoms with E-state index in [9.17, 15) is 24.0 Å². The highest BCUT2D eigenvalue weighted by atomic mass is 16.5. The second-order valence-electron chi connectivity index (χ2n) is 15.2. The lowest BCUT2D eigenvalue weighted by molar-refractivity contribution is -0.145. The number of hydrogen-bond acceptors (Lipinski definition) is 8. The van der Waals surface area contributed by atoms with Crippen molar-refractivity contribution < 1.29 is 28.7 Å². The van der Waals surface area contributed by atoms with E-state index in [0.717, 1.165) is 17.5 Å². The van der Waals surface area contributed by atoms with Crippen LogP contribution < -0.4 is 16.8 Å². The third-order valence-corrected chi connectivity index (χ3v) is 10.5. The van der Waals surface area contributed by atoms with Gasteiger partial charge in [0, 0.05) is 56.8 Å². The van der Waals surface area contributed by atoms with Crippen molar-refractivity contribution in [2.45, 2.75) is 90.1 Å². The zero-order valence-electron chi connectivity index (χ0n) is 31.8. The molecule has 2 aliphatic rings. The van der Waals surface area contributed by atoms with Gasteiger partial charge in [-0.2, -0.15) is 0 Å². The maximum atomic E-state index is 14.1. The van der Waals surface area contributed by atoms with Crippen LogP contribution in [0.4, 0.5) is 0 Å². The fourth-order valence-corrected chi connectivity index (χ4v) is 7.44. The third kappa shape index (κ3) is 13.5. The Hall–Kier alpha value is -3.93. The zero-order valence-corrected chi connectivity index (χ0v) is 31.8. The minimum atomic E-state index is -0.810. The second-order valence-corrected chi connectivity index (χ2v) is 15.2. The second kappa shape index (κ2) is 21.7. The van der Waals surface area contributed by atoms with Crippen LogP contribution in [0.25, 0.3) is 0 Å². The van der Waals surface area contributed by atoms with Crippen LogP contribution in [0.3, 0.4) is 0 Å². The van der Waals surface area contributed by atoms with Gasteiger partial charge in [-0.25, -0.2) is 0 Å². The highest BCUT2D eigenvalue weighted by molar-refractivity contribution is 5.95. The van der Waals surface area contributed by atoms with Crippen molar-refractivity contribution in [2.75, 3.05) is 45.9 Å². The van der Waals surface area contributed by atoms with Crippen molar-refractivity contribution >= 4 is 29.3 Å². The van der Waals surface area contributed by atoms with E-state index in [1.807, 2.05) is 79.4 Å². The normalized spacial score (nSPS) is 17.5. The largest absolute Gasteiger partial charge is 0.378 e. The molecular weight excluding hydrogens is 670 g/mol. The number of likely N-dealkylation sites (tertiary alicyclic amines) is 1. The predicted molar refractivity (Wildman–Crippen MR) is 205 cm³/mol. The van der Waals surface area contributed by atoms with E-state index in [4.69, 9.17) is 16.2 Å². The number of hydrogen-bond donors (Lipinski definition) is 3. The number of benzene rings is 2. The maximum absolute atomic E-state index is 14.1. The highest BCUT2D eigenvalue weighted by Crippen LogP contribution is 2.26. The van der Waals surface area contributed by atoms with Crippen molar-refractivity contribution in [1.82, 2.24) is 15.1 Å². The number of nitrogens with zero attached hydrogens (tertiary/aromatic N) is 2. The Kier molecular flexibility index (Phi) is 17.1. The lowest BCUT2D eigenvalue weighted by Crippen LogP contribution is -2.49. The van der Waals surface area contributed by atoms with Gasteiger partial charge in [0.25, 0.3) is 0 Å². The Morgan fingerprint density at radius 2 is 1.36 bits per heavy atom. The van der Waals surface area contributed by atoms with Gasteiger partial charge in [0.1, 0.15) is 0 Å². The number of ketones is 2. The molecule has 4 rings (SSSR count). The van der Waals surface area contributed by atoms with E-state index in [1.165, 1.54) is 0 Å². The summed E-state index contributed by atoms with van der Waals surface area (Å²) in [6, 6.07) is 17.5. The van der Waals surface area contributed by atoms with E-state index >= 15 is 0 Å². The molecule has 11 heteroatoms. The first-order valence-electron chi connectivity index (χ1n) is 19.6. The molecule has 2 saturated heterocycles. The van der Waals surface area contributed by atoms with Crippen LogP contribution in [-0.4, -0.2) is 97.1 Å². The molecule has 0 saturated carbocycles. The van der Waals surface area contributed by atoms with Gasteiger partial charge in [-0.3, -0.25) is 24.0 Å². The monoisotopic (exact) mass is 731 g/mol. The van der Waals surface area contributed by atoms with E-state index in [0.29, 0.717) is 90.9 Å². The third-order valence-electron chi connectivity index (χ3n) is 10.5. The summed E-state index contributed by atoms with van der Waals surface area (Å²) in [5.74, 6) is -2.03. The average molecular weight is 732 g/mol. The first kappa shape index (κ1) is 41.8. The van der Waals surface area contributed by atoms with Gasteiger partial charge >= 0.3 is 0 Å². The first-order chi connectivity index (χ1) is 25.5. The van der Waals surface area contributed by atoms with E-state index in [2.05, 4.69) is 5.32 Å². The summed E-state index contributed by atoms with van der Waals surface area (Å²) < 4.78 is 5.40. The number of nitrogens with one attached hydrogen (secondary N) is 1. The van der Waals surface area contributed by atoms with Gasteiger partial charge in [-0.1, -0.05) is 80.9 Å². The van der Waals surface area contributed by atoms with E-state index < -0.39 is 23.9 Å². The Morgan fingerprint density at radius 1 is 0.774 bits per heavy atom. The van der Waals surface area contributed by atoms with Crippen LogP contribution >= 0.6 is 0 Å². The molecule has 4 atom stereocenters. The molecule has 2 aromatic rings. The summed E-state index contributed by atoms with van der Waals surface area (Å²) in [5, 5.41) is 3.03. The molecule has 2 fully saturated rings. The van der Waals surface area contributed by atoms with Gasteiger partial charge in [0.2, 0.25) is 17.7 Å². The lowest BCUT2D eigenvalue weighted by Gasteiger charge is -2.37. The minimum Gasteiger partial charge on any atom is -0.378 e. The number of amides is 3. The number of carbonyl (C=O) groups is 5. The molecule has 2 heterocycles. The van der Waals surface area contributed by atoms with E-state index in [-0.39, 0.29) is 54.0 Å². The van der Waals surface area contributed by atoms with E-state index in [1.54, 1.807) is 4.90 Å². The highest BCUT2D eigenvalue weighted by Gasteiger charge is 2.36. The van der Waals surface area contributed by atoms with Crippen LogP contribution in [0.1, 0.15) is 76.3 Å². The zero-order chi connectivity index (χ0) is 38.2. The smallest absolute Gasteiger partial charge is 0.226 e. The Balaban J connectivity index is 1.44. The van der Waals surface area contributed by atoms with Crippen LogP contribution in [0.15, 0.2) is 60.7 Å². The van der Waals surface area contributed by atoms with Gasteiger partial charge in [0.05, 0.1) is 25.3 Å². The van der Waals surface area contributed by atoms with Gasteiger partial charge in [-0.15, -0.1) is 0 Å². The number of unbranched alkanes of at least 4 members (excludes halogenated alkanes) is 1. The standard InChI is InChI=1S/C42H61N5O6/c1-30(2)25-37(45-40(50)35(26-31-11-5-3-6-12-31)29-38(48)36(44)27-32-13-7-4-8-14-32)39(49)28-34(15-9-10-18-43)42(52)46-19-16-33(17-20-46)41(51)47-21-23-53-24-22-47/h3-8,11-14,30,33-37H,9-10,15-29,43-44H2,1-2H3,(H,45,50)/t34-,35-,36+,37+/m0/s1. The number of carbonyl (C=O) groups excluding carboxylic acids is 5. The number of Topliss-reactive ketones (excluding diaryl/α,β-unsaturated/α-hetero) is 2. The average Bonchev–Trinajstić information content (AvgIpc) is 3.17. The Morgan fingerprint density at radius 3 is 1.94 bits per heavy atom. The fourth-order valence-electron chi connectivity index (χ4n) is 7.44. The number of piperidine rings is 1. The Bertz CT molecular complexity index is 1460. The minimum absolute atomic E-state index is 0.00204. The Labute approximate surface area is 315 Å². The lowest BCUT2D eigenvalue weighted by atomic mass is 9.87. The van der Waals surface area contributed by atoms with Crippen LogP contribution in [-0.2, 0) is 41.6 Å². The molecule has 290 valence electrons. The number of morpholine rings is 1. The molecule has 53 heavy (non-hydrogen) atoms. The van der Waals surface area contributed by atoms with Crippen molar-refractivity contribution in [3.05, 3.63) is 71.8 Å². The van der Waals surface area contributed by atoms with Crippen LogP contribution in [0.5, 0.6) is 0 Å². The van der Waals surface area contributed by atoms with Crippen molar-refractivity contribution in [3.8, 4) is 0 Å². The summed E-state index contributed by atoms with van der Waals surface area (Å²) in [6.07, 6.45) is 4.18. The molecular formula is C42H61N5O6. The van der Waals surface area contributed by atoms with Gasteiger partial charge in [-0.05, 0) is 68.5 Å². The number of ether oxygens (including phenoxy) is 1. The molecule has 3 amide bonds. The fraction of sp³-hybridized carbons (Fsp3) is 0.595. The van der Waals surface area contributed by atoms with Gasteiger partial charge in [0.15, 0.2) is 11.6 Å². The summed E-state index contributed by atoms with van der Waals surface area (Å²) in [7, 11) is 0. The van der Waals surface area contributed by atoms with Gasteiger partial charge < -0.3 is 31.3 Å². The molecule has 0 aliphatic carbocycles. The number of rotatable bonds is 20. The number of nitrogens with two attached hydrogens (primary N) is 2. The first-order valence-corrected chi connectivity index (χ1v) is 19.6. The summed E-state index contributed by atoms with van der Waals surface area (Å²) in [5.41, 5.74) is 14.0. The quantitative estimate of drug-likeness (QED) is 0.174. The molecule has 0 bridgehead atoms. The molecule has 0 unspecified atom stereocenters. The summed E-state index contributed by atoms with van der Waals surface area (Å²) in [6.45, 7) is 7.71. The molecule has 2 aromatic carbocycles. The predicted octanol–water partition coefficient (Wildman–Crippen LogP) is 3.71. The SMILES string of the molecule is CC(C)C[C@@H](NC(=O)[C@H](CC(=O)[C@H](N)Cc1ccccc1)Cc1ccccc1)C(=O)C[C@H](CCCCN)C(=O)N1CCC(C(=O)N2CCOCC2)CC1.